The topological polar surface area (TPSA) is 52.2 Å². The molecule has 134 valence electrons. The summed E-state index contributed by atoms with van der Waals surface area (Å²) in [4.78, 5) is 24.7. The molecule has 0 unspecified atom stereocenters. The number of fused-ring (bicyclic) bond motifs is 1. The molecule has 2 heterocycles. The van der Waals surface area contributed by atoms with E-state index in [-0.39, 0.29) is 5.91 Å². The summed E-state index contributed by atoms with van der Waals surface area (Å²) in [6.45, 7) is 7.37. The van der Waals surface area contributed by atoms with Gasteiger partial charge < -0.3 is 14.8 Å². The van der Waals surface area contributed by atoms with Crippen LogP contribution in [-0.4, -0.2) is 47.0 Å². The number of aromatic nitrogens is 2. The van der Waals surface area contributed by atoms with Crippen LogP contribution in [0.4, 0.5) is 5.69 Å². The van der Waals surface area contributed by atoms with E-state index in [2.05, 4.69) is 46.1 Å². The van der Waals surface area contributed by atoms with Crippen molar-refractivity contribution in [3.05, 3.63) is 59.4 Å². The SMILES string of the molecule is Cc1cccc(N2CCN(C(=O)Cc3ccc4nc(C)[nH]c4c3)CC2)c1. The summed E-state index contributed by atoms with van der Waals surface area (Å²) >= 11 is 0. The van der Waals surface area contributed by atoms with Gasteiger partial charge in [-0.05, 0) is 49.2 Å². The number of nitrogens with one attached hydrogen (secondary N) is 1. The molecule has 1 aromatic heterocycles. The zero-order valence-corrected chi connectivity index (χ0v) is 15.3. The van der Waals surface area contributed by atoms with Crippen molar-refractivity contribution in [2.24, 2.45) is 0 Å². The molecule has 1 amide bonds. The van der Waals surface area contributed by atoms with E-state index in [4.69, 9.17) is 0 Å². The molecular formula is C21H24N4O. The number of hydrogen-bond donors (Lipinski definition) is 1. The number of carbonyl (C=O) groups is 1. The van der Waals surface area contributed by atoms with E-state index in [1.807, 2.05) is 30.0 Å². The summed E-state index contributed by atoms with van der Waals surface area (Å²) < 4.78 is 0. The highest BCUT2D eigenvalue weighted by atomic mass is 16.2. The van der Waals surface area contributed by atoms with Gasteiger partial charge in [0.25, 0.3) is 0 Å². The molecule has 0 spiro atoms. The fourth-order valence-corrected chi connectivity index (χ4v) is 3.62. The van der Waals surface area contributed by atoms with Crippen molar-refractivity contribution in [3.63, 3.8) is 0 Å². The fourth-order valence-electron chi connectivity index (χ4n) is 3.62. The Bertz CT molecular complexity index is 938. The van der Waals surface area contributed by atoms with E-state index in [1.165, 1.54) is 11.3 Å². The van der Waals surface area contributed by atoms with Crippen molar-refractivity contribution < 1.29 is 4.79 Å². The molecule has 3 aromatic rings. The third-order valence-electron chi connectivity index (χ3n) is 5.02. The molecule has 2 aromatic carbocycles. The standard InChI is InChI=1S/C21H24N4O/c1-15-4-3-5-18(12-15)24-8-10-25(11-9-24)21(26)14-17-6-7-19-20(13-17)23-16(2)22-19/h3-7,12-13H,8-11,14H2,1-2H3,(H,22,23). The number of rotatable bonds is 3. The van der Waals surface area contributed by atoms with Crippen molar-refractivity contribution >= 4 is 22.6 Å². The van der Waals surface area contributed by atoms with Gasteiger partial charge in [0, 0.05) is 31.9 Å². The quantitative estimate of drug-likeness (QED) is 0.791. The molecule has 1 fully saturated rings. The summed E-state index contributed by atoms with van der Waals surface area (Å²) in [6, 6.07) is 14.6. The number of amides is 1. The predicted molar refractivity (Wildman–Crippen MR) is 105 cm³/mol. The number of aromatic amines is 1. The van der Waals surface area contributed by atoms with Crippen molar-refractivity contribution in [2.45, 2.75) is 20.3 Å². The van der Waals surface area contributed by atoms with E-state index in [9.17, 15) is 4.79 Å². The number of anilines is 1. The smallest absolute Gasteiger partial charge is 0.227 e. The average molecular weight is 348 g/mol. The van der Waals surface area contributed by atoms with Crippen LogP contribution in [0.1, 0.15) is 17.0 Å². The van der Waals surface area contributed by atoms with Crippen LogP contribution in [0, 0.1) is 13.8 Å². The van der Waals surface area contributed by atoms with Crippen LogP contribution >= 0.6 is 0 Å². The van der Waals surface area contributed by atoms with Gasteiger partial charge in [-0.1, -0.05) is 18.2 Å². The van der Waals surface area contributed by atoms with Crippen LogP contribution in [0.15, 0.2) is 42.5 Å². The normalized spacial score (nSPS) is 14.8. The van der Waals surface area contributed by atoms with Crippen molar-refractivity contribution in [1.82, 2.24) is 14.9 Å². The van der Waals surface area contributed by atoms with Gasteiger partial charge in [-0.3, -0.25) is 4.79 Å². The van der Waals surface area contributed by atoms with Gasteiger partial charge in [0.1, 0.15) is 5.82 Å². The summed E-state index contributed by atoms with van der Waals surface area (Å²) in [5.41, 5.74) is 5.50. The van der Waals surface area contributed by atoms with E-state index in [0.29, 0.717) is 6.42 Å². The molecule has 1 N–H and O–H groups in total. The number of piperazine rings is 1. The summed E-state index contributed by atoms with van der Waals surface area (Å²) in [5.74, 6) is 1.10. The fraction of sp³-hybridized carbons (Fsp3) is 0.333. The largest absolute Gasteiger partial charge is 0.368 e. The van der Waals surface area contributed by atoms with Crippen LogP contribution in [0.3, 0.4) is 0 Å². The molecule has 1 saturated heterocycles. The molecule has 0 saturated carbocycles. The number of hydrogen-bond acceptors (Lipinski definition) is 3. The lowest BCUT2D eigenvalue weighted by Gasteiger charge is -2.36. The van der Waals surface area contributed by atoms with Crippen molar-refractivity contribution in [3.8, 4) is 0 Å². The van der Waals surface area contributed by atoms with E-state index >= 15 is 0 Å². The molecule has 0 radical (unpaired) electrons. The van der Waals surface area contributed by atoms with Gasteiger partial charge in [0.05, 0.1) is 17.5 Å². The Morgan fingerprint density at radius 1 is 1.08 bits per heavy atom. The number of nitrogens with zero attached hydrogens (tertiary/aromatic N) is 3. The monoisotopic (exact) mass is 348 g/mol. The first-order valence-electron chi connectivity index (χ1n) is 9.13. The molecule has 4 rings (SSSR count). The van der Waals surface area contributed by atoms with E-state index in [1.54, 1.807) is 0 Å². The zero-order chi connectivity index (χ0) is 18.1. The maximum Gasteiger partial charge on any atom is 0.227 e. The third kappa shape index (κ3) is 3.43. The van der Waals surface area contributed by atoms with Gasteiger partial charge in [-0.2, -0.15) is 0 Å². The van der Waals surface area contributed by atoms with Crippen molar-refractivity contribution in [2.75, 3.05) is 31.1 Å². The maximum absolute atomic E-state index is 12.7. The maximum atomic E-state index is 12.7. The lowest BCUT2D eigenvalue weighted by Crippen LogP contribution is -2.49. The number of benzene rings is 2. The second-order valence-electron chi connectivity index (χ2n) is 7.06. The molecule has 1 aliphatic rings. The van der Waals surface area contributed by atoms with Gasteiger partial charge >= 0.3 is 0 Å². The highest BCUT2D eigenvalue weighted by Crippen LogP contribution is 2.19. The molecule has 0 bridgehead atoms. The minimum atomic E-state index is 0.199. The molecule has 0 atom stereocenters. The van der Waals surface area contributed by atoms with Crippen LogP contribution in [0.25, 0.3) is 11.0 Å². The summed E-state index contributed by atoms with van der Waals surface area (Å²) in [7, 11) is 0. The molecule has 0 aliphatic carbocycles. The van der Waals surface area contributed by atoms with Gasteiger partial charge in [0.15, 0.2) is 0 Å². The van der Waals surface area contributed by atoms with E-state index < -0.39 is 0 Å². The predicted octanol–water partition coefficient (Wildman–Crippen LogP) is 3.07. The number of imidazole rings is 1. The Morgan fingerprint density at radius 3 is 2.65 bits per heavy atom. The lowest BCUT2D eigenvalue weighted by molar-refractivity contribution is -0.130. The Labute approximate surface area is 153 Å². The second kappa shape index (κ2) is 6.83. The molecule has 5 nitrogen and oxygen atoms in total. The Hall–Kier alpha value is -2.82. The van der Waals surface area contributed by atoms with Crippen molar-refractivity contribution in [1.29, 1.82) is 0 Å². The van der Waals surface area contributed by atoms with Crippen LogP contribution < -0.4 is 4.90 Å². The first-order chi connectivity index (χ1) is 12.6. The Morgan fingerprint density at radius 2 is 1.88 bits per heavy atom. The highest BCUT2D eigenvalue weighted by Gasteiger charge is 2.21. The second-order valence-corrected chi connectivity index (χ2v) is 7.06. The van der Waals surface area contributed by atoms with Gasteiger partial charge in [-0.25, -0.2) is 4.98 Å². The number of carbonyl (C=O) groups excluding carboxylic acids is 1. The van der Waals surface area contributed by atoms with Crippen LogP contribution in [0.2, 0.25) is 0 Å². The zero-order valence-electron chi connectivity index (χ0n) is 15.3. The third-order valence-corrected chi connectivity index (χ3v) is 5.02. The number of H-pyrrole nitrogens is 1. The summed E-state index contributed by atoms with van der Waals surface area (Å²) in [6.07, 6.45) is 0.443. The summed E-state index contributed by atoms with van der Waals surface area (Å²) in [5, 5.41) is 0. The van der Waals surface area contributed by atoms with Crippen LogP contribution in [0.5, 0.6) is 0 Å². The minimum absolute atomic E-state index is 0.199. The number of aryl methyl sites for hydroxylation is 2. The average Bonchev–Trinajstić information content (AvgIpc) is 3.01. The van der Waals surface area contributed by atoms with E-state index in [0.717, 1.165) is 48.6 Å². The molecule has 26 heavy (non-hydrogen) atoms. The molecular weight excluding hydrogens is 324 g/mol. The van der Waals surface area contributed by atoms with Gasteiger partial charge in [0.2, 0.25) is 5.91 Å². The van der Waals surface area contributed by atoms with Crippen LogP contribution in [-0.2, 0) is 11.2 Å². The molecule has 5 heteroatoms. The minimum Gasteiger partial charge on any atom is -0.368 e. The first-order valence-corrected chi connectivity index (χ1v) is 9.13. The molecule has 1 aliphatic heterocycles. The Kier molecular flexibility index (Phi) is 4.37. The van der Waals surface area contributed by atoms with Gasteiger partial charge in [-0.15, -0.1) is 0 Å². The Balaban J connectivity index is 1.38. The highest BCUT2D eigenvalue weighted by molar-refractivity contribution is 5.82. The lowest BCUT2D eigenvalue weighted by atomic mass is 10.1. The first kappa shape index (κ1) is 16.6.